The second kappa shape index (κ2) is 6.97. The van der Waals surface area contributed by atoms with Crippen LogP contribution in [-0.4, -0.2) is 23.3 Å². The van der Waals surface area contributed by atoms with Crippen LogP contribution < -0.4 is 0 Å². The van der Waals surface area contributed by atoms with E-state index in [0.717, 1.165) is 30.9 Å². The summed E-state index contributed by atoms with van der Waals surface area (Å²) in [5, 5.41) is 0.940. The zero-order valence-corrected chi connectivity index (χ0v) is 10.9. The maximum atomic E-state index is 13.4. The van der Waals surface area contributed by atoms with Gasteiger partial charge < -0.3 is 0 Å². The van der Waals surface area contributed by atoms with Gasteiger partial charge in [0.1, 0.15) is 11.6 Å². The Morgan fingerprint density at radius 2 is 2.06 bits per heavy atom. The van der Waals surface area contributed by atoms with Gasteiger partial charge in [0.15, 0.2) is 0 Å². The quantitative estimate of drug-likeness (QED) is 0.724. The average molecular weight is 292 g/mol. The molecule has 4 heteroatoms. The average Bonchev–Trinajstić information content (AvgIpc) is 2.27. The predicted molar refractivity (Wildman–Crippen MR) is 65.7 cm³/mol. The molecule has 1 aromatic carbocycles. The lowest BCUT2D eigenvalue weighted by molar-refractivity contribution is 0.277. The van der Waals surface area contributed by atoms with E-state index in [0.29, 0.717) is 12.1 Å². The van der Waals surface area contributed by atoms with Crippen LogP contribution in [0.25, 0.3) is 0 Å². The molecule has 1 aromatic rings. The molecular weight excluding hydrogens is 276 g/mol. The molecule has 0 aliphatic heterocycles. The molecule has 0 N–H and O–H groups in total. The Morgan fingerprint density at radius 3 is 2.62 bits per heavy atom. The van der Waals surface area contributed by atoms with Crippen molar-refractivity contribution in [2.45, 2.75) is 19.9 Å². The van der Waals surface area contributed by atoms with Crippen molar-refractivity contribution in [2.75, 3.05) is 18.4 Å². The molecule has 0 heterocycles. The zero-order valence-electron chi connectivity index (χ0n) is 9.35. The summed E-state index contributed by atoms with van der Waals surface area (Å²) in [5.41, 5.74) is 0.554. The maximum Gasteiger partial charge on any atom is 0.130 e. The van der Waals surface area contributed by atoms with Crippen molar-refractivity contribution in [3.05, 3.63) is 35.4 Å². The van der Waals surface area contributed by atoms with Gasteiger partial charge in [-0.1, -0.05) is 28.9 Å². The minimum Gasteiger partial charge on any atom is -0.299 e. The van der Waals surface area contributed by atoms with E-state index in [9.17, 15) is 8.78 Å². The minimum atomic E-state index is -0.523. The summed E-state index contributed by atoms with van der Waals surface area (Å²) in [6.07, 6.45) is 1.02. The van der Waals surface area contributed by atoms with Gasteiger partial charge in [-0.05, 0) is 25.6 Å². The van der Waals surface area contributed by atoms with Gasteiger partial charge in [-0.25, -0.2) is 8.78 Å². The SMILES string of the molecule is CCN(CCCBr)Cc1ccc(F)cc1F. The van der Waals surface area contributed by atoms with Crippen LogP contribution in [0.2, 0.25) is 0 Å². The fraction of sp³-hybridized carbons (Fsp3) is 0.500. The van der Waals surface area contributed by atoms with Gasteiger partial charge in [-0.3, -0.25) is 4.90 Å². The summed E-state index contributed by atoms with van der Waals surface area (Å²) in [4.78, 5) is 2.14. The van der Waals surface area contributed by atoms with E-state index in [1.54, 1.807) is 0 Å². The number of nitrogens with zero attached hydrogens (tertiary/aromatic N) is 1. The van der Waals surface area contributed by atoms with E-state index in [2.05, 4.69) is 20.8 Å². The third-order valence-electron chi connectivity index (χ3n) is 2.46. The second-order valence-corrected chi connectivity index (χ2v) is 4.44. The molecule has 1 rings (SSSR count). The Labute approximate surface area is 104 Å². The standard InChI is InChI=1S/C12H16BrF2N/c1-2-16(7-3-6-13)9-10-4-5-11(14)8-12(10)15/h4-5,8H,2-3,6-7,9H2,1H3. The van der Waals surface area contributed by atoms with Crippen LogP contribution in [-0.2, 0) is 6.54 Å². The van der Waals surface area contributed by atoms with Gasteiger partial charge in [0.25, 0.3) is 0 Å². The van der Waals surface area contributed by atoms with E-state index in [-0.39, 0.29) is 0 Å². The van der Waals surface area contributed by atoms with Crippen LogP contribution in [0.1, 0.15) is 18.9 Å². The molecule has 0 aliphatic carbocycles. The molecular formula is C12H16BrF2N. The van der Waals surface area contributed by atoms with E-state index in [4.69, 9.17) is 0 Å². The number of hydrogen-bond donors (Lipinski definition) is 0. The van der Waals surface area contributed by atoms with Gasteiger partial charge in [-0.15, -0.1) is 0 Å². The Bertz CT molecular complexity index is 331. The lowest BCUT2D eigenvalue weighted by atomic mass is 10.2. The molecule has 0 spiro atoms. The van der Waals surface area contributed by atoms with Crippen LogP contribution in [0.15, 0.2) is 18.2 Å². The summed E-state index contributed by atoms with van der Waals surface area (Å²) in [5.74, 6) is -0.984. The van der Waals surface area contributed by atoms with Crippen LogP contribution in [0.3, 0.4) is 0 Å². The first-order chi connectivity index (χ1) is 7.67. The molecule has 0 bridgehead atoms. The first-order valence-electron chi connectivity index (χ1n) is 5.39. The fourth-order valence-electron chi connectivity index (χ4n) is 1.52. The molecule has 0 radical (unpaired) electrons. The molecule has 90 valence electrons. The van der Waals surface area contributed by atoms with Gasteiger partial charge >= 0.3 is 0 Å². The highest BCUT2D eigenvalue weighted by molar-refractivity contribution is 9.09. The first-order valence-corrected chi connectivity index (χ1v) is 6.51. The van der Waals surface area contributed by atoms with E-state index in [1.165, 1.54) is 12.1 Å². The van der Waals surface area contributed by atoms with Crippen molar-refractivity contribution < 1.29 is 8.78 Å². The smallest absolute Gasteiger partial charge is 0.130 e. The molecule has 1 nitrogen and oxygen atoms in total. The molecule has 0 saturated heterocycles. The highest BCUT2D eigenvalue weighted by atomic mass is 79.9. The normalized spacial score (nSPS) is 11.1. The van der Waals surface area contributed by atoms with Crippen molar-refractivity contribution in [3.63, 3.8) is 0 Å². The van der Waals surface area contributed by atoms with Crippen LogP contribution in [0.5, 0.6) is 0 Å². The Kier molecular flexibility index (Phi) is 5.91. The Morgan fingerprint density at radius 1 is 1.31 bits per heavy atom. The van der Waals surface area contributed by atoms with Crippen LogP contribution >= 0.6 is 15.9 Å². The van der Waals surface area contributed by atoms with Crippen molar-refractivity contribution in [3.8, 4) is 0 Å². The third kappa shape index (κ3) is 4.18. The van der Waals surface area contributed by atoms with Crippen molar-refractivity contribution in [2.24, 2.45) is 0 Å². The van der Waals surface area contributed by atoms with Gasteiger partial charge in [0.2, 0.25) is 0 Å². The predicted octanol–water partition coefficient (Wildman–Crippen LogP) is 3.57. The summed E-state index contributed by atoms with van der Waals surface area (Å²) in [6.45, 7) is 4.35. The number of hydrogen-bond acceptors (Lipinski definition) is 1. The highest BCUT2D eigenvalue weighted by Crippen LogP contribution is 2.12. The topological polar surface area (TPSA) is 3.24 Å². The highest BCUT2D eigenvalue weighted by Gasteiger charge is 2.08. The van der Waals surface area contributed by atoms with E-state index < -0.39 is 11.6 Å². The van der Waals surface area contributed by atoms with Crippen molar-refractivity contribution >= 4 is 15.9 Å². The summed E-state index contributed by atoms with van der Waals surface area (Å²) >= 11 is 3.37. The molecule has 0 aliphatic rings. The van der Waals surface area contributed by atoms with Gasteiger partial charge in [-0.2, -0.15) is 0 Å². The maximum absolute atomic E-state index is 13.4. The molecule has 16 heavy (non-hydrogen) atoms. The number of halogens is 3. The molecule has 0 amide bonds. The summed E-state index contributed by atoms with van der Waals surface area (Å²) in [6, 6.07) is 3.76. The largest absolute Gasteiger partial charge is 0.299 e. The summed E-state index contributed by atoms with van der Waals surface area (Å²) < 4.78 is 26.1. The minimum absolute atomic E-state index is 0.461. The third-order valence-corrected chi connectivity index (χ3v) is 3.02. The number of rotatable bonds is 6. The van der Waals surface area contributed by atoms with Crippen LogP contribution in [0, 0.1) is 11.6 Å². The molecule has 0 saturated carbocycles. The molecule has 0 atom stereocenters. The van der Waals surface area contributed by atoms with E-state index >= 15 is 0 Å². The molecule has 0 aromatic heterocycles. The summed E-state index contributed by atoms with van der Waals surface area (Å²) in [7, 11) is 0. The van der Waals surface area contributed by atoms with Gasteiger partial charge in [0.05, 0.1) is 0 Å². The van der Waals surface area contributed by atoms with Crippen LogP contribution in [0.4, 0.5) is 8.78 Å². The van der Waals surface area contributed by atoms with Crippen molar-refractivity contribution in [1.82, 2.24) is 4.90 Å². The Balaban J connectivity index is 2.62. The molecule has 0 unspecified atom stereocenters. The Hall–Kier alpha value is -0.480. The van der Waals surface area contributed by atoms with Crippen molar-refractivity contribution in [1.29, 1.82) is 0 Å². The lowest BCUT2D eigenvalue weighted by Crippen LogP contribution is -2.24. The number of alkyl halides is 1. The lowest BCUT2D eigenvalue weighted by Gasteiger charge is -2.20. The second-order valence-electron chi connectivity index (χ2n) is 3.65. The zero-order chi connectivity index (χ0) is 12.0. The first kappa shape index (κ1) is 13.6. The molecule has 0 fully saturated rings. The van der Waals surface area contributed by atoms with Gasteiger partial charge in [0, 0.05) is 23.5 Å². The fourth-order valence-corrected chi connectivity index (χ4v) is 1.77. The number of benzene rings is 1. The monoisotopic (exact) mass is 291 g/mol. The van der Waals surface area contributed by atoms with E-state index in [1.807, 2.05) is 6.92 Å².